The van der Waals surface area contributed by atoms with E-state index < -0.39 is 0 Å². The molecule has 0 N–H and O–H groups in total. The van der Waals surface area contributed by atoms with Crippen molar-refractivity contribution in [1.82, 2.24) is 0 Å². The van der Waals surface area contributed by atoms with Gasteiger partial charge in [0.05, 0.1) is 0 Å². The molecule has 14 heavy (non-hydrogen) atoms. The van der Waals surface area contributed by atoms with Gasteiger partial charge in [-0.25, -0.2) is 0 Å². The zero-order valence-corrected chi connectivity index (χ0v) is 8.35. The summed E-state index contributed by atoms with van der Waals surface area (Å²) in [6, 6.07) is 10.6. The summed E-state index contributed by atoms with van der Waals surface area (Å²) in [5.41, 5.74) is 2.66. The van der Waals surface area contributed by atoms with E-state index in [0.717, 1.165) is 0 Å². The number of benzene rings is 1. The molecule has 0 bridgehead atoms. The van der Waals surface area contributed by atoms with Crippen LogP contribution in [-0.4, -0.2) is 0 Å². The fourth-order valence-electron chi connectivity index (χ4n) is 1.60. The maximum Gasteiger partial charge on any atom is 0.0204 e. The lowest BCUT2D eigenvalue weighted by Gasteiger charge is -2.06. The standard InChI is InChI=1S/C14H14/c1-12-6-5-9-14(11-10-12)13-7-3-2-4-8-13/h2-11,14H,1H3. The van der Waals surface area contributed by atoms with Gasteiger partial charge in [-0.1, -0.05) is 66.3 Å². The summed E-state index contributed by atoms with van der Waals surface area (Å²) in [5.74, 6) is 0.421. The summed E-state index contributed by atoms with van der Waals surface area (Å²) in [6.07, 6.45) is 10.9. The van der Waals surface area contributed by atoms with Gasteiger partial charge in [-0.15, -0.1) is 0 Å². The third-order valence-electron chi connectivity index (χ3n) is 2.43. The van der Waals surface area contributed by atoms with Crippen molar-refractivity contribution in [2.75, 3.05) is 0 Å². The highest BCUT2D eigenvalue weighted by molar-refractivity contribution is 5.35. The molecule has 1 aliphatic carbocycles. The van der Waals surface area contributed by atoms with Crippen LogP contribution in [0.25, 0.3) is 0 Å². The Bertz CT molecular complexity index is 380. The summed E-state index contributed by atoms with van der Waals surface area (Å²) in [5, 5.41) is 0. The van der Waals surface area contributed by atoms with Gasteiger partial charge in [-0.05, 0) is 12.5 Å². The van der Waals surface area contributed by atoms with Gasteiger partial charge >= 0.3 is 0 Å². The van der Waals surface area contributed by atoms with Gasteiger partial charge in [-0.2, -0.15) is 0 Å². The van der Waals surface area contributed by atoms with Crippen molar-refractivity contribution in [3.8, 4) is 0 Å². The molecular weight excluding hydrogens is 168 g/mol. The van der Waals surface area contributed by atoms with Crippen LogP contribution in [0.3, 0.4) is 0 Å². The molecule has 1 aliphatic rings. The molecule has 0 saturated heterocycles. The predicted molar refractivity (Wildman–Crippen MR) is 61.2 cm³/mol. The highest BCUT2D eigenvalue weighted by Gasteiger charge is 2.03. The minimum absolute atomic E-state index is 0.421. The molecule has 0 saturated carbocycles. The van der Waals surface area contributed by atoms with Crippen molar-refractivity contribution < 1.29 is 0 Å². The maximum atomic E-state index is 2.24. The van der Waals surface area contributed by atoms with Crippen LogP contribution in [0.15, 0.2) is 66.3 Å². The lowest BCUT2D eigenvalue weighted by atomic mass is 9.99. The van der Waals surface area contributed by atoms with E-state index in [9.17, 15) is 0 Å². The molecule has 70 valence electrons. The smallest absolute Gasteiger partial charge is 0.0204 e. The van der Waals surface area contributed by atoms with Crippen molar-refractivity contribution in [2.45, 2.75) is 12.8 Å². The van der Waals surface area contributed by atoms with E-state index >= 15 is 0 Å². The minimum atomic E-state index is 0.421. The van der Waals surface area contributed by atoms with E-state index in [-0.39, 0.29) is 0 Å². The molecule has 1 aromatic rings. The Morgan fingerprint density at radius 1 is 1.00 bits per heavy atom. The normalized spacial score (nSPS) is 20.4. The van der Waals surface area contributed by atoms with Crippen molar-refractivity contribution in [3.05, 3.63) is 71.8 Å². The number of hydrogen-bond donors (Lipinski definition) is 0. The van der Waals surface area contributed by atoms with E-state index in [1.54, 1.807) is 0 Å². The van der Waals surface area contributed by atoms with Gasteiger partial charge in [0, 0.05) is 5.92 Å². The minimum Gasteiger partial charge on any atom is -0.0732 e. The Labute approximate surface area is 85.3 Å². The van der Waals surface area contributed by atoms with Gasteiger partial charge < -0.3 is 0 Å². The van der Waals surface area contributed by atoms with Crippen LogP contribution in [0.2, 0.25) is 0 Å². The molecule has 0 aromatic heterocycles. The second-order valence-electron chi connectivity index (χ2n) is 3.59. The third kappa shape index (κ3) is 2.02. The zero-order valence-electron chi connectivity index (χ0n) is 8.35. The summed E-state index contributed by atoms with van der Waals surface area (Å²) in [7, 11) is 0. The monoisotopic (exact) mass is 182 g/mol. The van der Waals surface area contributed by atoms with E-state index in [0.29, 0.717) is 5.92 Å². The topological polar surface area (TPSA) is 0 Å². The largest absolute Gasteiger partial charge is 0.0732 e. The van der Waals surface area contributed by atoms with Gasteiger partial charge in [-0.3, -0.25) is 0 Å². The van der Waals surface area contributed by atoms with Gasteiger partial charge in [0.2, 0.25) is 0 Å². The van der Waals surface area contributed by atoms with Crippen LogP contribution in [-0.2, 0) is 0 Å². The van der Waals surface area contributed by atoms with Crippen LogP contribution in [0.4, 0.5) is 0 Å². The zero-order chi connectivity index (χ0) is 9.80. The second kappa shape index (κ2) is 4.10. The average molecular weight is 182 g/mol. The van der Waals surface area contributed by atoms with E-state index in [2.05, 4.69) is 67.6 Å². The molecule has 0 heterocycles. The third-order valence-corrected chi connectivity index (χ3v) is 2.43. The fourth-order valence-corrected chi connectivity index (χ4v) is 1.60. The van der Waals surface area contributed by atoms with Crippen molar-refractivity contribution in [1.29, 1.82) is 0 Å². The highest BCUT2D eigenvalue weighted by Crippen LogP contribution is 2.21. The Morgan fingerprint density at radius 2 is 1.79 bits per heavy atom. The van der Waals surface area contributed by atoms with E-state index in [1.807, 2.05) is 0 Å². The first-order chi connectivity index (χ1) is 6.86. The number of rotatable bonds is 1. The van der Waals surface area contributed by atoms with Crippen LogP contribution in [0.5, 0.6) is 0 Å². The van der Waals surface area contributed by atoms with Crippen LogP contribution < -0.4 is 0 Å². The predicted octanol–water partition coefficient (Wildman–Crippen LogP) is 3.84. The van der Waals surface area contributed by atoms with E-state index in [1.165, 1.54) is 11.1 Å². The first-order valence-electron chi connectivity index (χ1n) is 4.94. The Morgan fingerprint density at radius 3 is 2.57 bits per heavy atom. The highest BCUT2D eigenvalue weighted by atomic mass is 14.1. The summed E-state index contributed by atoms with van der Waals surface area (Å²) in [6.45, 7) is 2.12. The molecule has 1 aromatic carbocycles. The number of allylic oxidation sites excluding steroid dienone is 6. The van der Waals surface area contributed by atoms with Crippen LogP contribution in [0, 0.1) is 0 Å². The molecule has 0 spiro atoms. The number of hydrogen-bond acceptors (Lipinski definition) is 0. The first kappa shape index (κ1) is 9.01. The Balaban J connectivity index is 2.27. The fraction of sp³-hybridized carbons (Fsp3) is 0.143. The molecule has 1 unspecified atom stereocenters. The average Bonchev–Trinajstić information content (AvgIpc) is 2.44. The SMILES string of the molecule is CC1=CC=CC(c2ccccc2)C=C1. The molecule has 0 fully saturated rings. The maximum absolute atomic E-state index is 2.24. The molecule has 0 nitrogen and oxygen atoms in total. The molecule has 0 heteroatoms. The molecule has 0 amide bonds. The van der Waals surface area contributed by atoms with Crippen molar-refractivity contribution in [2.24, 2.45) is 0 Å². The second-order valence-corrected chi connectivity index (χ2v) is 3.59. The van der Waals surface area contributed by atoms with Crippen molar-refractivity contribution in [3.63, 3.8) is 0 Å². The Hall–Kier alpha value is -1.56. The van der Waals surface area contributed by atoms with E-state index in [4.69, 9.17) is 0 Å². The molecule has 0 aliphatic heterocycles. The summed E-state index contributed by atoms with van der Waals surface area (Å²) in [4.78, 5) is 0. The lowest BCUT2D eigenvalue weighted by Crippen LogP contribution is -1.89. The first-order valence-corrected chi connectivity index (χ1v) is 4.94. The molecule has 0 radical (unpaired) electrons. The van der Waals surface area contributed by atoms with Gasteiger partial charge in [0.1, 0.15) is 0 Å². The molecular formula is C14H14. The Kier molecular flexibility index (Phi) is 2.64. The van der Waals surface area contributed by atoms with Gasteiger partial charge in [0.25, 0.3) is 0 Å². The quantitative estimate of drug-likeness (QED) is 0.619. The van der Waals surface area contributed by atoms with Gasteiger partial charge in [0.15, 0.2) is 0 Å². The lowest BCUT2D eigenvalue weighted by molar-refractivity contribution is 1.08. The molecule has 1 atom stereocenters. The van der Waals surface area contributed by atoms with Crippen molar-refractivity contribution >= 4 is 0 Å². The summed E-state index contributed by atoms with van der Waals surface area (Å²) < 4.78 is 0. The van der Waals surface area contributed by atoms with Crippen LogP contribution in [0.1, 0.15) is 18.4 Å². The summed E-state index contributed by atoms with van der Waals surface area (Å²) >= 11 is 0. The molecule has 2 rings (SSSR count). The van der Waals surface area contributed by atoms with Crippen LogP contribution >= 0.6 is 0 Å².